The number of fused-ring (bicyclic) bond motifs is 5. The average Bonchev–Trinajstić information content (AvgIpc) is 2.87. The largest absolute Gasteiger partial charge is 0.256 e. The van der Waals surface area contributed by atoms with Gasteiger partial charge in [-0.05, 0) is 82.2 Å². The summed E-state index contributed by atoms with van der Waals surface area (Å²) in [5, 5.41) is 7.30. The van der Waals surface area contributed by atoms with Crippen LogP contribution in [-0.2, 0) is 0 Å². The molecule has 0 aliphatic rings. The van der Waals surface area contributed by atoms with Crippen LogP contribution in [0.3, 0.4) is 0 Å². The van der Waals surface area contributed by atoms with Crippen LogP contribution in [0.1, 0.15) is 11.1 Å². The number of hydrogen-bond acceptors (Lipinski definition) is 1. The quantitative estimate of drug-likeness (QED) is 0.196. The van der Waals surface area contributed by atoms with Crippen molar-refractivity contribution in [3.8, 4) is 22.4 Å². The van der Waals surface area contributed by atoms with Crippen molar-refractivity contribution in [2.24, 2.45) is 0 Å². The second kappa shape index (κ2) is 7.83. The molecule has 160 valence electrons. The van der Waals surface area contributed by atoms with E-state index < -0.39 is 0 Å². The maximum Gasteiger partial charge on any atom is 0.187 e. The number of pyridine rings is 1. The van der Waals surface area contributed by atoms with E-state index in [4.69, 9.17) is 11.6 Å². The van der Waals surface area contributed by atoms with E-state index in [9.17, 15) is 0 Å². The van der Waals surface area contributed by atoms with Crippen molar-refractivity contribution in [1.29, 1.82) is 0 Å². The van der Waals surface area contributed by atoms with Crippen LogP contribution in [-0.4, -0.2) is 4.98 Å². The monoisotopic (exact) mass is 434 g/mol. The van der Waals surface area contributed by atoms with Crippen LogP contribution in [0.4, 0.5) is 5.69 Å². The Balaban J connectivity index is 1.55. The molecule has 34 heavy (non-hydrogen) atoms. The molecule has 0 amide bonds. The third-order valence-corrected chi connectivity index (χ3v) is 6.56. The first-order chi connectivity index (χ1) is 16.6. The Hall–Kier alpha value is -4.48. The first-order valence-corrected chi connectivity index (χ1v) is 11.4. The molecule has 0 saturated heterocycles. The fourth-order valence-electron chi connectivity index (χ4n) is 5.09. The zero-order valence-corrected chi connectivity index (χ0v) is 19.1. The number of hydrogen-bond donors (Lipinski definition) is 0. The summed E-state index contributed by atoms with van der Waals surface area (Å²) in [6, 6.07) is 32.0. The molecule has 2 nitrogen and oxygen atoms in total. The van der Waals surface area contributed by atoms with E-state index in [-0.39, 0.29) is 0 Å². The summed E-state index contributed by atoms with van der Waals surface area (Å²) in [6.07, 6.45) is 1.92. The van der Waals surface area contributed by atoms with Crippen LogP contribution in [0.25, 0.3) is 59.5 Å². The first kappa shape index (κ1) is 20.1. The van der Waals surface area contributed by atoms with Gasteiger partial charge >= 0.3 is 0 Å². The second-order valence-electron chi connectivity index (χ2n) is 8.96. The minimum atomic E-state index is 0.663. The van der Waals surface area contributed by atoms with Gasteiger partial charge in [0, 0.05) is 17.1 Å². The Morgan fingerprint density at radius 3 is 2.09 bits per heavy atom. The highest BCUT2D eigenvalue weighted by molar-refractivity contribution is 6.19. The van der Waals surface area contributed by atoms with Gasteiger partial charge in [-0.1, -0.05) is 71.8 Å². The predicted molar refractivity (Wildman–Crippen MR) is 143 cm³/mol. The Morgan fingerprint density at radius 2 is 1.26 bits per heavy atom. The van der Waals surface area contributed by atoms with Gasteiger partial charge in [-0.3, -0.25) is 4.98 Å². The molecule has 0 spiro atoms. The van der Waals surface area contributed by atoms with Gasteiger partial charge in [0.1, 0.15) is 0 Å². The summed E-state index contributed by atoms with van der Waals surface area (Å²) in [4.78, 5) is 8.34. The van der Waals surface area contributed by atoms with E-state index in [0.29, 0.717) is 5.69 Å². The molecule has 0 unspecified atom stereocenters. The van der Waals surface area contributed by atoms with Crippen LogP contribution >= 0.6 is 0 Å². The molecule has 0 saturated carbocycles. The Morgan fingerprint density at radius 1 is 0.588 bits per heavy atom. The highest BCUT2D eigenvalue weighted by atomic mass is 14.7. The number of aryl methyl sites for hydroxylation is 2. The molecule has 1 heterocycles. The number of benzene rings is 5. The molecule has 0 N–H and O–H groups in total. The van der Waals surface area contributed by atoms with Crippen molar-refractivity contribution in [3.05, 3.63) is 120 Å². The van der Waals surface area contributed by atoms with Crippen molar-refractivity contribution >= 4 is 38.0 Å². The lowest BCUT2D eigenvalue weighted by atomic mass is 9.93. The van der Waals surface area contributed by atoms with Crippen molar-refractivity contribution in [2.45, 2.75) is 13.8 Å². The van der Waals surface area contributed by atoms with Crippen molar-refractivity contribution < 1.29 is 0 Å². The lowest BCUT2D eigenvalue weighted by molar-refractivity contribution is 1.33. The lowest BCUT2D eigenvalue weighted by Crippen LogP contribution is -1.89. The van der Waals surface area contributed by atoms with Crippen molar-refractivity contribution in [2.75, 3.05) is 0 Å². The number of nitrogens with zero attached hydrogens (tertiary/aromatic N) is 2. The van der Waals surface area contributed by atoms with Gasteiger partial charge in [-0.25, -0.2) is 4.85 Å². The summed E-state index contributed by atoms with van der Waals surface area (Å²) in [5.74, 6) is 0. The molecule has 0 radical (unpaired) electrons. The molecule has 0 aliphatic heterocycles. The third kappa shape index (κ3) is 3.31. The normalized spacial score (nSPS) is 11.2. The van der Waals surface area contributed by atoms with E-state index in [1.807, 2.05) is 24.4 Å². The predicted octanol–water partition coefficient (Wildman–Crippen LogP) is 9.04. The third-order valence-electron chi connectivity index (χ3n) is 6.56. The summed E-state index contributed by atoms with van der Waals surface area (Å²) in [7, 11) is 0. The minimum absolute atomic E-state index is 0.663. The highest BCUT2D eigenvalue weighted by Crippen LogP contribution is 2.36. The fourth-order valence-corrected chi connectivity index (χ4v) is 5.09. The van der Waals surface area contributed by atoms with Crippen LogP contribution in [0.5, 0.6) is 0 Å². The second-order valence-corrected chi connectivity index (χ2v) is 8.96. The zero-order chi connectivity index (χ0) is 23.2. The van der Waals surface area contributed by atoms with Gasteiger partial charge in [0.05, 0.1) is 12.3 Å². The van der Waals surface area contributed by atoms with Gasteiger partial charge in [0.15, 0.2) is 5.69 Å². The minimum Gasteiger partial charge on any atom is -0.256 e. The maximum absolute atomic E-state index is 7.30. The van der Waals surface area contributed by atoms with Crippen molar-refractivity contribution in [3.63, 3.8) is 0 Å². The standard InChI is InChI=1S/C32H22N2/c1-20-15-21(2)17-25(16-20)32-31-12-11-28-27-9-7-23(22-5-4-6-26(19-22)33-3)18-24(27)8-10-29(28)30(31)13-14-34-32/h4-19H,1-2H3. The molecular formula is C32H22N2. The van der Waals surface area contributed by atoms with Gasteiger partial charge in [-0.2, -0.15) is 0 Å². The van der Waals surface area contributed by atoms with Gasteiger partial charge in [0.25, 0.3) is 0 Å². The molecule has 0 bridgehead atoms. The molecule has 0 fully saturated rings. The van der Waals surface area contributed by atoms with E-state index in [2.05, 4.69) is 91.5 Å². The number of aromatic nitrogens is 1. The van der Waals surface area contributed by atoms with Gasteiger partial charge in [-0.15, -0.1) is 0 Å². The Kier molecular flexibility index (Phi) is 4.64. The highest BCUT2D eigenvalue weighted by Gasteiger charge is 2.11. The van der Waals surface area contributed by atoms with Crippen molar-refractivity contribution in [1.82, 2.24) is 4.98 Å². The molecule has 0 aliphatic carbocycles. The van der Waals surface area contributed by atoms with E-state index in [1.165, 1.54) is 43.4 Å². The molecule has 2 heteroatoms. The van der Waals surface area contributed by atoms with E-state index in [1.54, 1.807) is 0 Å². The summed E-state index contributed by atoms with van der Waals surface area (Å²) < 4.78 is 0. The average molecular weight is 435 g/mol. The fraction of sp³-hybridized carbons (Fsp3) is 0.0625. The Labute approximate surface area is 199 Å². The topological polar surface area (TPSA) is 17.2 Å². The molecule has 1 aromatic heterocycles. The molecule has 5 aromatic carbocycles. The van der Waals surface area contributed by atoms with Crippen LogP contribution in [0.2, 0.25) is 0 Å². The molecular weight excluding hydrogens is 412 g/mol. The first-order valence-electron chi connectivity index (χ1n) is 11.4. The summed E-state index contributed by atoms with van der Waals surface area (Å²) >= 11 is 0. The van der Waals surface area contributed by atoms with E-state index in [0.717, 1.165) is 22.4 Å². The molecule has 0 atom stereocenters. The zero-order valence-electron chi connectivity index (χ0n) is 19.1. The van der Waals surface area contributed by atoms with Crippen LogP contribution in [0.15, 0.2) is 97.2 Å². The number of rotatable bonds is 2. The maximum atomic E-state index is 7.30. The molecule has 6 aromatic rings. The molecule has 6 rings (SSSR count). The SMILES string of the molecule is [C-]#[N+]c1cccc(-c2ccc3c(ccc4c5ccnc(-c6cc(C)cc(C)c6)c5ccc34)c2)c1. The van der Waals surface area contributed by atoms with Gasteiger partial charge < -0.3 is 0 Å². The van der Waals surface area contributed by atoms with Crippen LogP contribution in [0, 0.1) is 20.4 Å². The van der Waals surface area contributed by atoms with E-state index >= 15 is 0 Å². The summed E-state index contributed by atoms with van der Waals surface area (Å²) in [6.45, 7) is 11.6. The smallest absolute Gasteiger partial charge is 0.187 e. The lowest BCUT2D eigenvalue weighted by Gasteiger charge is -2.12. The van der Waals surface area contributed by atoms with Gasteiger partial charge in [0.2, 0.25) is 0 Å². The Bertz CT molecular complexity index is 1770. The summed E-state index contributed by atoms with van der Waals surface area (Å²) in [5.41, 5.74) is 7.54. The van der Waals surface area contributed by atoms with Crippen LogP contribution < -0.4 is 0 Å².